The van der Waals surface area contributed by atoms with Gasteiger partial charge in [-0.2, -0.15) is 0 Å². The summed E-state index contributed by atoms with van der Waals surface area (Å²) in [5, 5.41) is 6.18. The second-order valence-electron chi connectivity index (χ2n) is 7.54. The number of nitrogens with one attached hydrogen (secondary N) is 3. The molecule has 2 saturated heterocycles. The molecule has 3 heterocycles. The van der Waals surface area contributed by atoms with Gasteiger partial charge in [0.2, 0.25) is 5.56 Å². The predicted octanol–water partition coefficient (Wildman–Crippen LogP) is 1.99. The molecule has 2 aliphatic rings. The van der Waals surface area contributed by atoms with Gasteiger partial charge in [0.15, 0.2) is 0 Å². The summed E-state index contributed by atoms with van der Waals surface area (Å²) in [5.41, 5.74) is 1.29. The first kappa shape index (κ1) is 18.4. The third-order valence-corrected chi connectivity index (χ3v) is 5.75. The van der Waals surface area contributed by atoms with E-state index in [2.05, 4.69) is 15.6 Å². The Bertz CT molecular complexity index is 909. The van der Waals surface area contributed by atoms with Crippen molar-refractivity contribution in [2.24, 2.45) is 0 Å². The van der Waals surface area contributed by atoms with Crippen LogP contribution in [0.3, 0.4) is 0 Å². The van der Waals surface area contributed by atoms with E-state index in [9.17, 15) is 14.4 Å². The Morgan fingerprint density at radius 3 is 2.46 bits per heavy atom. The van der Waals surface area contributed by atoms with Gasteiger partial charge < -0.3 is 20.5 Å². The van der Waals surface area contributed by atoms with Crippen LogP contribution in [0.4, 0.5) is 5.69 Å². The maximum absolute atomic E-state index is 13.1. The van der Waals surface area contributed by atoms with Gasteiger partial charge >= 0.3 is 0 Å². The second-order valence-corrected chi connectivity index (χ2v) is 7.54. The molecule has 1 unspecified atom stereocenters. The fraction of sp³-hybridized carbons (Fsp3) is 0.381. The van der Waals surface area contributed by atoms with Crippen molar-refractivity contribution in [2.45, 2.75) is 31.2 Å². The normalized spacial score (nSPS) is 21.6. The van der Waals surface area contributed by atoms with Crippen molar-refractivity contribution in [3.63, 3.8) is 0 Å². The smallest absolute Gasteiger partial charge is 0.257 e. The topological polar surface area (TPSA) is 94.3 Å². The third kappa shape index (κ3) is 3.57. The van der Waals surface area contributed by atoms with Crippen LogP contribution in [0.5, 0.6) is 0 Å². The molecule has 7 nitrogen and oxygen atoms in total. The van der Waals surface area contributed by atoms with Crippen LogP contribution in [-0.2, 0) is 0 Å². The first-order chi connectivity index (χ1) is 13.6. The number of anilines is 1. The number of nitrogens with zero attached hydrogens (tertiary/aromatic N) is 1. The van der Waals surface area contributed by atoms with Crippen LogP contribution >= 0.6 is 0 Å². The maximum atomic E-state index is 13.1. The molecule has 0 bridgehead atoms. The average molecular weight is 380 g/mol. The zero-order valence-electron chi connectivity index (χ0n) is 15.7. The van der Waals surface area contributed by atoms with Crippen LogP contribution in [0.25, 0.3) is 0 Å². The lowest BCUT2D eigenvalue weighted by Crippen LogP contribution is -2.55. The standard InChI is InChI=1S/C21H24N4O3/c26-18-8-5-16(13-23-18)19(27)24-17-6-3-15(4-7-17)20(28)25-12-2-1-9-21(25)10-11-22-14-21/h3-8,13,22H,1-2,9-12,14H2,(H,23,26)(H,24,27). The van der Waals surface area contributed by atoms with Crippen molar-refractivity contribution < 1.29 is 9.59 Å². The Morgan fingerprint density at radius 2 is 1.79 bits per heavy atom. The molecule has 1 atom stereocenters. The number of amides is 2. The van der Waals surface area contributed by atoms with Gasteiger partial charge in [-0.05, 0) is 62.6 Å². The molecule has 0 saturated carbocycles. The highest BCUT2D eigenvalue weighted by Gasteiger charge is 2.43. The summed E-state index contributed by atoms with van der Waals surface area (Å²) in [6.07, 6.45) is 5.65. The van der Waals surface area contributed by atoms with Crippen molar-refractivity contribution in [3.05, 3.63) is 64.1 Å². The Balaban J connectivity index is 1.46. The number of H-pyrrole nitrogens is 1. The zero-order chi connectivity index (χ0) is 19.6. The van der Waals surface area contributed by atoms with Crippen LogP contribution in [0.15, 0.2) is 47.4 Å². The van der Waals surface area contributed by atoms with Gasteiger partial charge in [-0.15, -0.1) is 0 Å². The van der Waals surface area contributed by atoms with Gasteiger partial charge in [0.05, 0.1) is 11.1 Å². The van der Waals surface area contributed by atoms with Crippen molar-refractivity contribution in [1.29, 1.82) is 0 Å². The first-order valence-corrected chi connectivity index (χ1v) is 9.70. The lowest BCUT2D eigenvalue weighted by molar-refractivity contribution is 0.0379. The van der Waals surface area contributed by atoms with E-state index in [-0.39, 0.29) is 22.9 Å². The number of pyridine rings is 1. The summed E-state index contributed by atoms with van der Waals surface area (Å²) in [6, 6.07) is 9.77. The SMILES string of the molecule is O=C(Nc1ccc(C(=O)N2CCCCC23CCNC3)cc1)c1ccc(=O)[nH]c1. The summed E-state index contributed by atoms with van der Waals surface area (Å²) >= 11 is 0. The minimum Gasteiger partial charge on any atom is -0.332 e. The van der Waals surface area contributed by atoms with E-state index < -0.39 is 0 Å². The fourth-order valence-corrected chi connectivity index (χ4v) is 4.19. The summed E-state index contributed by atoms with van der Waals surface area (Å²) in [4.78, 5) is 41.0. The van der Waals surface area contributed by atoms with Crippen molar-refractivity contribution in [2.75, 3.05) is 25.0 Å². The minimum absolute atomic E-state index is 0.0492. The molecule has 1 spiro atoms. The Morgan fingerprint density at radius 1 is 1.00 bits per heavy atom. The summed E-state index contributed by atoms with van der Waals surface area (Å²) in [7, 11) is 0. The van der Waals surface area contributed by atoms with Gasteiger partial charge in [-0.1, -0.05) is 0 Å². The third-order valence-electron chi connectivity index (χ3n) is 5.75. The number of rotatable bonds is 3. The number of aromatic amines is 1. The highest BCUT2D eigenvalue weighted by atomic mass is 16.2. The summed E-state index contributed by atoms with van der Waals surface area (Å²) in [5.74, 6) is -0.260. The molecule has 146 valence electrons. The van der Waals surface area contributed by atoms with Gasteiger partial charge in [-0.3, -0.25) is 14.4 Å². The molecule has 7 heteroatoms. The zero-order valence-corrected chi connectivity index (χ0v) is 15.7. The number of likely N-dealkylation sites (tertiary alicyclic amines) is 1. The first-order valence-electron chi connectivity index (χ1n) is 9.70. The van der Waals surface area contributed by atoms with Crippen LogP contribution in [0, 0.1) is 0 Å². The molecular formula is C21H24N4O3. The molecule has 1 aromatic heterocycles. The quantitative estimate of drug-likeness (QED) is 0.759. The molecule has 28 heavy (non-hydrogen) atoms. The molecule has 0 radical (unpaired) electrons. The molecule has 2 aromatic rings. The largest absolute Gasteiger partial charge is 0.332 e. The van der Waals surface area contributed by atoms with Crippen LogP contribution < -0.4 is 16.2 Å². The van der Waals surface area contributed by atoms with Crippen LogP contribution in [0.2, 0.25) is 0 Å². The monoisotopic (exact) mass is 380 g/mol. The van der Waals surface area contributed by atoms with Gasteiger partial charge in [0.25, 0.3) is 11.8 Å². The number of carbonyl (C=O) groups is 2. The van der Waals surface area contributed by atoms with Crippen molar-refractivity contribution >= 4 is 17.5 Å². The van der Waals surface area contributed by atoms with E-state index in [1.165, 1.54) is 24.8 Å². The molecule has 2 fully saturated rings. The van der Waals surface area contributed by atoms with Crippen LogP contribution in [-0.4, -0.2) is 46.9 Å². The number of hydrogen-bond donors (Lipinski definition) is 3. The fourth-order valence-electron chi connectivity index (χ4n) is 4.19. The molecule has 1 aromatic carbocycles. The van der Waals surface area contributed by atoms with Gasteiger partial charge in [-0.25, -0.2) is 0 Å². The maximum Gasteiger partial charge on any atom is 0.257 e. The molecule has 2 amide bonds. The Labute approximate surface area is 163 Å². The lowest BCUT2D eigenvalue weighted by Gasteiger charge is -2.44. The number of hydrogen-bond acceptors (Lipinski definition) is 4. The molecule has 0 aliphatic carbocycles. The van der Waals surface area contributed by atoms with E-state index in [0.29, 0.717) is 16.8 Å². The highest BCUT2D eigenvalue weighted by molar-refractivity contribution is 6.04. The van der Waals surface area contributed by atoms with Gasteiger partial charge in [0.1, 0.15) is 0 Å². The number of aromatic nitrogens is 1. The van der Waals surface area contributed by atoms with E-state index >= 15 is 0 Å². The number of benzene rings is 1. The van der Waals surface area contributed by atoms with E-state index in [4.69, 9.17) is 0 Å². The highest BCUT2D eigenvalue weighted by Crippen LogP contribution is 2.34. The molecule has 2 aliphatic heterocycles. The summed E-state index contributed by atoms with van der Waals surface area (Å²) < 4.78 is 0. The molecular weight excluding hydrogens is 356 g/mol. The van der Waals surface area contributed by atoms with Crippen LogP contribution in [0.1, 0.15) is 46.4 Å². The average Bonchev–Trinajstić information content (AvgIpc) is 3.17. The van der Waals surface area contributed by atoms with E-state index in [1.54, 1.807) is 24.3 Å². The van der Waals surface area contributed by atoms with Crippen molar-refractivity contribution in [3.8, 4) is 0 Å². The Hall–Kier alpha value is -2.93. The second kappa shape index (κ2) is 7.59. The van der Waals surface area contributed by atoms with Gasteiger partial charge in [0, 0.05) is 36.6 Å². The predicted molar refractivity (Wildman–Crippen MR) is 107 cm³/mol. The number of carbonyl (C=O) groups excluding carboxylic acids is 2. The van der Waals surface area contributed by atoms with Crippen molar-refractivity contribution in [1.82, 2.24) is 15.2 Å². The van der Waals surface area contributed by atoms with E-state index in [1.807, 2.05) is 4.90 Å². The number of piperidine rings is 1. The minimum atomic E-state index is -0.317. The lowest BCUT2D eigenvalue weighted by atomic mass is 9.85. The molecule has 4 rings (SSSR count). The Kier molecular flexibility index (Phi) is 5.00. The molecule has 3 N–H and O–H groups in total. The van der Waals surface area contributed by atoms with E-state index in [0.717, 1.165) is 38.9 Å². The summed E-state index contributed by atoms with van der Waals surface area (Å²) in [6.45, 7) is 2.62.